The highest BCUT2D eigenvalue weighted by molar-refractivity contribution is 9.10. The number of aromatic nitrogens is 1. The Kier molecular flexibility index (Phi) is 5.96. The molecule has 1 aliphatic carbocycles. The Bertz CT molecular complexity index is 1180. The molecule has 0 fully saturated rings. The molecule has 3 aromatic rings. The molecule has 6 nitrogen and oxygen atoms in total. The monoisotopic (exact) mass is 501 g/mol. The zero-order chi connectivity index (χ0) is 23.3. The predicted molar refractivity (Wildman–Crippen MR) is 126 cm³/mol. The lowest BCUT2D eigenvalue weighted by Crippen LogP contribution is -2.34. The van der Waals surface area contributed by atoms with E-state index >= 15 is 0 Å². The van der Waals surface area contributed by atoms with Crippen LogP contribution in [0.2, 0.25) is 0 Å². The zero-order valence-corrected chi connectivity index (χ0v) is 20.2. The number of benzene rings is 2. The standard InChI is InChI=1S/C25H28BrNO5/c1-24(2)19-12-15(31-13-16(9-10-28)32-25(3,4)30)6-8-17(19)22(29)21-18-7-5-14(26)11-20(18)27-23(21)24/h5-8,11-12,16,27-28,30H,9-10,13H2,1-4H3. The number of hydrogen-bond donors (Lipinski definition) is 3. The van der Waals surface area contributed by atoms with E-state index in [0.29, 0.717) is 17.7 Å². The highest BCUT2D eigenvalue weighted by atomic mass is 79.9. The van der Waals surface area contributed by atoms with E-state index < -0.39 is 17.3 Å². The number of fused-ring (bicyclic) bond motifs is 4. The summed E-state index contributed by atoms with van der Waals surface area (Å²) >= 11 is 3.50. The van der Waals surface area contributed by atoms with Crippen LogP contribution < -0.4 is 4.74 Å². The summed E-state index contributed by atoms with van der Waals surface area (Å²) in [4.78, 5) is 16.9. The van der Waals surface area contributed by atoms with Crippen LogP contribution in [0.3, 0.4) is 0 Å². The van der Waals surface area contributed by atoms with Crippen LogP contribution >= 0.6 is 15.9 Å². The van der Waals surface area contributed by atoms with Crippen molar-refractivity contribution in [2.24, 2.45) is 0 Å². The van der Waals surface area contributed by atoms with Gasteiger partial charge in [0.25, 0.3) is 0 Å². The van der Waals surface area contributed by atoms with E-state index in [0.717, 1.165) is 32.2 Å². The number of H-pyrrole nitrogens is 1. The van der Waals surface area contributed by atoms with Crippen molar-refractivity contribution in [1.82, 2.24) is 4.98 Å². The maximum Gasteiger partial charge on any atom is 0.195 e. The molecule has 2 aromatic carbocycles. The van der Waals surface area contributed by atoms with Crippen molar-refractivity contribution >= 4 is 32.6 Å². The lowest BCUT2D eigenvalue weighted by atomic mass is 9.71. The summed E-state index contributed by atoms with van der Waals surface area (Å²) in [7, 11) is 0. The van der Waals surface area contributed by atoms with Gasteiger partial charge >= 0.3 is 0 Å². The molecule has 7 heteroatoms. The molecule has 32 heavy (non-hydrogen) atoms. The van der Waals surface area contributed by atoms with Gasteiger partial charge in [-0.3, -0.25) is 4.79 Å². The number of aliphatic hydroxyl groups excluding tert-OH is 1. The largest absolute Gasteiger partial charge is 0.491 e. The number of nitrogens with one attached hydrogen (secondary N) is 1. The molecule has 170 valence electrons. The number of rotatable bonds is 7. The summed E-state index contributed by atoms with van der Waals surface area (Å²) in [6.45, 7) is 7.37. The Morgan fingerprint density at radius 1 is 1.19 bits per heavy atom. The highest BCUT2D eigenvalue weighted by Gasteiger charge is 2.39. The minimum absolute atomic E-state index is 0.00188. The van der Waals surface area contributed by atoms with Gasteiger partial charge in [0.2, 0.25) is 0 Å². The number of ketones is 1. The molecule has 1 aliphatic rings. The third-order valence-electron chi connectivity index (χ3n) is 5.86. The summed E-state index contributed by atoms with van der Waals surface area (Å²) in [5.74, 6) is -0.721. The van der Waals surface area contributed by atoms with Gasteiger partial charge in [-0.2, -0.15) is 0 Å². The smallest absolute Gasteiger partial charge is 0.195 e. The fourth-order valence-electron chi connectivity index (χ4n) is 4.39. The molecule has 3 N–H and O–H groups in total. The number of carbonyl (C=O) groups excluding carboxylic acids is 1. The number of aromatic amines is 1. The second-order valence-electron chi connectivity index (χ2n) is 9.24. The third-order valence-corrected chi connectivity index (χ3v) is 6.36. The molecule has 0 aliphatic heterocycles. The van der Waals surface area contributed by atoms with Gasteiger partial charge in [-0.05, 0) is 49.7 Å². The fraction of sp³-hybridized carbons (Fsp3) is 0.400. The van der Waals surface area contributed by atoms with Gasteiger partial charge in [-0.1, -0.05) is 35.8 Å². The molecule has 0 bridgehead atoms. The molecule has 0 saturated heterocycles. The van der Waals surface area contributed by atoms with Crippen molar-refractivity contribution in [3.8, 4) is 5.75 Å². The van der Waals surface area contributed by atoms with Crippen LogP contribution in [0.25, 0.3) is 10.9 Å². The second-order valence-corrected chi connectivity index (χ2v) is 10.2. The molecule has 0 amide bonds. The van der Waals surface area contributed by atoms with Crippen LogP contribution in [0, 0.1) is 0 Å². The molecule has 1 heterocycles. The van der Waals surface area contributed by atoms with E-state index in [1.54, 1.807) is 19.9 Å². The average molecular weight is 502 g/mol. The molecule has 1 atom stereocenters. The summed E-state index contributed by atoms with van der Waals surface area (Å²) < 4.78 is 12.5. The topological polar surface area (TPSA) is 91.8 Å². The normalized spacial score (nSPS) is 16.0. The van der Waals surface area contributed by atoms with Gasteiger partial charge in [0, 0.05) is 45.1 Å². The maximum atomic E-state index is 13.4. The van der Waals surface area contributed by atoms with E-state index in [1.807, 2.05) is 30.3 Å². The number of halogens is 1. The van der Waals surface area contributed by atoms with Crippen LogP contribution in [-0.4, -0.2) is 46.1 Å². The SMILES string of the molecule is CC(C)(O)OC(CCO)COc1ccc2c(c1)C(C)(C)c1[nH]c3cc(Br)ccc3c1C2=O. The Morgan fingerprint density at radius 3 is 2.62 bits per heavy atom. The molecule has 4 rings (SSSR count). The quantitative estimate of drug-likeness (QED) is 0.409. The predicted octanol–water partition coefficient (Wildman–Crippen LogP) is 4.68. The van der Waals surface area contributed by atoms with Crippen LogP contribution in [0.5, 0.6) is 5.75 Å². The zero-order valence-electron chi connectivity index (χ0n) is 18.7. The minimum Gasteiger partial charge on any atom is -0.491 e. The number of aliphatic hydroxyl groups is 2. The Labute approximate surface area is 195 Å². The first-order valence-electron chi connectivity index (χ1n) is 10.7. The third kappa shape index (κ3) is 4.22. The second kappa shape index (κ2) is 8.30. The Balaban J connectivity index is 1.67. The number of ether oxygens (including phenoxy) is 2. The van der Waals surface area contributed by atoms with E-state index in [2.05, 4.69) is 34.8 Å². The van der Waals surface area contributed by atoms with Crippen molar-refractivity contribution in [3.05, 3.63) is 63.3 Å². The first-order chi connectivity index (χ1) is 15.0. The van der Waals surface area contributed by atoms with E-state index in [1.165, 1.54) is 0 Å². The van der Waals surface area contributed by atoms with Crippen molar-refractivity contribution in [2.75, 3.05) is 13.2 Å². The minimum atomic E-state index is -1.32. The molecule has 0 saturated carbocycles. The van der Waals surface area contributed by atoms with Crippen LogP contribution in [0.4, 0.5) is 0 Å². The lowest BCUT2D eigenvalue weighted by molar-refractivity contribution is -0.213. The number of hydrogen-bond acceptors (Lipinski definition) is 5. The van der Waals surface area contributed by atoms with Gasteiger partial charge in [0.1, 0.15) is 12.4 Å². The van der Waals surface area contributed by atoms with Gasteiger partial charge < -0.3 is 24.7 Å². The molecular weight excluding hydrogens is 474 g/mol. The van der Waals surface area contributed by atoms with Gasteiger partial charge in [-0.15, -0.1) is 0 Å². The van der Waals surface area contributed by atoms with Crippen molar-refractivity contribution in [2.45, 2.75) is 51.4 Å². The van der Waals surface area contributed by atoms with E-state index in [4.69, 9.17) is 9.47 Å². The van der Waals surface area contributed by atoms with Crippen LogP contribution in [0.15, 0.2) is 40.9 Å². The van der Waals surface area contributed by atoms with Gasteiger partial charge in [0.05, 0.1) is 11.7 Å². The highest BCUT2D eigenvalue weighted by Crippen LogP contribution is 2.44. The van der Waals surface area contributed by atoms with Crippen LogP contribution in [0.1, 0.15) is 61.3 Å². The summed E-state index contributed by atoms with van der Waals surface area (Å²) in [6.07, 6.45) is -0.128. The fourth-order valence-corrected chi connectivity index (χ4v) is 4.75. The van der Waals surface area contributed by atoms with Crippen molar-refractivity contribution in [1.29, 1.82) is 0 Å². The van der Waals surface area contributed by atoms with Crippen molar-refractivity contribution < 1.29 is 24.5 Å². The van der Waals surface area contributed by atoms with Gasteiger partial charge in [-0.25, -0.2) is 0 Å². The number of carbonyl (C=O) groups is 1. The molecular formula is C25H28BrNO5. The van der Waals surface area contributed by atoms with Crippen LogP contribution in [-0.2, 0) is 10.2 Å². The molecule has 1 unspecified atom stereocenters. The van der Waals surface area contributed by atoms with Gasteiger partial charge in [0.15, 0.2) is 11.6 Å². The molecule has 0 radical (unpaired) electrons. The molecule has 0 spiro atoms. The maximum absolute atomic E-state index is 13.4. The van der Waals surface area contributed by atoms with E-state index in [9.17, 15) is 15.0 Å². The summed E-state index contributed by atoms with van der Waals surface area (Å²) in [5, 5.41) is 20.1. The Morgan fingerprint density at radius 2 is 1.94 bits per heavy atom. The summed E-state index contributed by atoms with van der Waals surface area (Å²) in [6, 6.07) is 11.4. The first kappa shape index (κ1) is 23.0. The average Bonchev–Trinajstić information content (AvgIpc) is 3.09. The lowest BCUT2D eigenvalue weighted by Gasteiger charge is -2.32. The molecule has 1 aromatic heterocycles. The summed E-state index contributed by atoms with van der Waals surface area (Å²) in [5.41, 5.74) is 3.66. The first-order valence-corrected chi connectivity index (χ1v) is 11.5. The Hall–Kier alpha value is -2.19. The van der Waals surface area contributed by atoms with Crippen molar-refractivity contribution in [3.63, 3.8) is 0 Å². The van der Waals surface area contributed by atoms with E-state index in [-0.39, 0.29) is 19.0 Å².